The van der Waals surface area contributed by atoms with E-state index in [-0.39, 0.29) is 6.09 Å². The first-order valence-corrected chi connectivity index (χ1v) is 9.96. The third-order valence-corrected chi connectivity index (χ3v) is 5.34. The van der Waals surface area contributed by atoms with Gasteiger partial charge in [0.05, 0.1) is 18.4 Å². The monoisotopic (exact) mass is 399 g/mol. The van der Waals surface area contributed by atoms with Gasteiger partial charge < -0.3 is 14.2 Å². The predicted molar refractivity (Wildman–Crippen MR) is 104 cm³/mol. The van der Waals surface area contributed by atoms with E-state index in [1.54, 1.807) is 35.7 Å². The van der Waals surface area contributed by atoms with Crippen LogP contribution in [-0.4, -0.2) is 61.8 Å². The van der Waals surface area contributed by atoms with Gasteiger partial charge in [0.2, 0.25) is 0 Å². The van der Waals surface area contributed by atoms with Crippen molar-refractivity contribution in [2.24, 2.45) is 12.0 Å². The standard InChI is InChI=1S/C18H21N7O2S/c1-23-21-12-15(22-23)16-13-28-17(20-7-5-14-4-2-3-6-19-14)25(16)9-8-24-10-11-27-18(24)26/h2-4,6,12-13H,5,7-11H2,1H3. The Labute approximate surface area is 165 Å². The first-order chi connectivity index (χ1) is 13.7. The molecule has 1 aliphatic rings. The van der Waals surface area contributed by atoms with Crippen molar-refractivity contribution in [1.29, 1.82) is 0 Å². The molecule has 9 nitrogen and oxygen atoms in total. The largest absolute Gasteiger partial charge is 0.448 e. The van der Waals surface area contributed by atoms with Crippen molar-refractivity contribution in [3.63, 3.8) is 0 Å². The quantitative estimate of drug-likeness (QED) is 0.598. The molecule has 0 N–H and O–H groups in total. The number of pyridine rings is 1. The van der Waals surface area contributed by atoms with Gasteiger partial charge in [-0.2, -0.15) is 15.0 Å². The number of amides is 1. The van der Waals surface area contributed by atoms with Crippen molar-refractivity contribution in [1.82, 2.24) is 29.4 Å². The Morgan fingerprint density at radius 3 is 2.96 bits per heavy atom. The molecule has 28 heavy (non-hydrogen) atoms. The topological polar surface area (TPSA) is 90.4 Å². The Kier molecular flexibility index (Phi) is 5.47. The van der Waals surface area contributed by atoms with Crippen molar-refractivity contribution in [3.05, 3.63) is 46.5 Å². The molecule has 146 valence electrons. The van der Waals surface area contributed by atoms with Crippen LogP contribution in [0.3, 0.4) is 0 Å². The van der Waals surface area contributed by atoms with Gasteiger partial charge in [0.1, 0.15) is 12.3 Å². The molecule has 0 unspecified atom stereocenters. The zero-order valence-corrected chi connectivity index (χ0v) is 16.4. The molecular formula is C18H21N7O2S. The SMILES string of the molecule is Cn1ncc(-c2csc(=NCCc3ccccn3)n2CCN2CCOC2=O)n1. The number of thiazole rings is 1. The third kappa shape index (κ3) is 4.11. The number of aryl methyl sites for hydroxylation is 1. The summed E-state index contributed by atoms with van der Waals surface area (Å²) in [5, 5.41) is 10.6. The van der Waals surface area contributed by atoms with Crippen molar-refractivity contribution in [2.75, 3.05) is 26.2 Å². The van der Waals surface area contributed by atoms with Gasteiger partial charge in [-0.1, -0.05) is 6.07 Å². The van der Waals surface area contributed by atoms with Gasteiger partial charge in [0.25, 0.3) is 0 Å². The molecule has 0 spiro atoms. The van der Waals surface area contributed by atoms with Crippen molar-refractivity contribution in [3.8, 4) is 11.4 Å². The second kappa shape index (κ2) is 8.34. The number of cyclic esters (lactones) is 1. The number of carbonyl (C=O) groups excluding carboxylic acids is 1. The van der Waals surface area contributed by atoms with Crippen LogP contribution in [0.5, 0.6) is 0 Å². The predicted octanol–water partition coefficient (Wildman–Crippen LogP) is 1.34. The molecule has 1 saturated heterocycles. The van der Waals surface area contributed by atoms with E-state index in [1.165, 1.54) is 4.80 Å². The van der Waals surface area contributed by atoms with E-state index in [0.717, 1.165) is 28.3 Å². The van der Waals surface area contributed by atoms with Crippen LogP contribution in [0.15, 0.2) is 41.0 Å². The Morgan fingerprint density at radius 1 is 1.32 bits per heavy atom. The molecule has 1 amide bonds. The maximum atomic E-state index is 11.7. The van der Waals surface area contributed by atoms with E-state index in [0.29, 0.717) is 32.8 Å². The average Bonchev–Trinajstić information content (AvgIpc) is 3.41. The Morgan fingerprint density at radius 2 is 2.25 bits per heavy atom. The van der Waals surface area contributed by atoms with E-state index < -0.39 is 0 Å². The Bertz CT molecular complexity index is 1010. The molecule has 0 aromatic carbocycles. The first-order valence-electron chi connectivity index (χ1n) is 9.08. The first kappa shape index (κ1) is 18.4. The lowest BCUT2D eigenvalue weighted by molar-refractivity contribution is 0.157. The lowest BCUT2D eigenvalue weighted by Gasteiger charge is -2.14. The maximum absolute atomic E-state index is 11.7. The van der Waals surface area contributed by atoms with E-state index in [2.05, 4.69) is 19.7 Å². The highest BCUT2D eigenvalue weighted by molar-refractivity contribution is 7.07. The van der Waals surface area contributed by atoms with Gasteiger partial charge in [-0.3, -0.25) is 9.98 Å². The van der Waals surface area contributed by atoms with Crippen molar-refractivity contribution >= 4 is 17.4 Å². The lowest BCUT2D eigenvalue weighted by atomic mass is 10.3. The summed E-state index contributed by atoms with van der Waals surface area (Å²) in [4.78, 5) is 25.0. The summed E-state index contributed by atoms with van der Waals surface area (Å²) < 4.78 is 7.12. The smallest absolute Gasteiger partial charge is 0.410 e. The third-order valence-electron chi connectivity index (χ3n) is 4.44. The minimum atomic E-state index is -0.259. The van der Waals surface area contributed by atoms with Crippen molar-refractivity contribution in [2.45, 2.75) is 13.0 Å². The van der Waals surface area contributed by atoms with Crippen LogP contribution >= 0.6 is 11.3 Å². The van der Waals surface area contributed by atoms with Crippen LogP contribution < -0.4 is 4.80 Å². The second-order valence-electron chi connectivity index (χ2n) is 6.33. The van der Waals surface area contributed by atoms with Gasteiger partial charge >= 0.3 is 6.09 Å². The zero-order chi connectivity index (χ0) is 19.3. The maximum Gasteiger partial charge on any atom is 0.410 e. The minimum Gasteiger partial charge on any atom is -0.448 e. The van der Waals surface area contributed by atoms with E-state index in [9.17, 15) is 4.79 Å². The summed E-state index contributed by atoms with van der Waals surface area (Å²) in [6.07, 6.45) is 4.05. The molecule has 0 atom stereocenters. The van der Waals surface area contributed by atoms with E-state index in [1.807, 2.05) is 23.6 Å². The molecule has 1 fully saturated rings. The van der Waals surface area contributed by atoms with E-state index in [4.69, 9.17) is 9.73 Å². The minimum absolute atomic E-state index is 0.259. The number of carbonyl (C=O) groups is 1. The Hall–Kier alpha value is -3.01. The number of aromatic nitrogens is 5. The van der Waals surface area contributed by atoms with E-state index >= 15 is 0 Å². The summed E-state index contributed by atoms with van der Waals surface area (Å²) in [5.41, 5.74) is 2.75. The van der Waals surface area contributed by atoms with Crippen molar-refractivity contribution < 1.29 is 9.53 Å². The summed E-state index contributed by atoms with van der Waals surface area (Å²) in [5.74, 6) is 0. The fraction of sp³-hybridized carbons (Fsp3) is 0.389. The van der Waals surface area contributed by atoms with Crippen LogP contribution in [-0.2, 0) is 24.8 Å². The van der Waals surface area contributed by atoms with Crippen LogP contribution in [0.25, 0.3) is 11.4 Å². The van der Waals surface area contributed by atoms with Crippen LogP contribution in [0.2, 0.25) is 0 Å². The molecule has 1 aliphatic heterocycles. The molecule has 0 saturated carbocycles. The molecule has 10 heteroatoms. The highest BCUT2D eigenvalue weighted by Crippen LogP contribution is 2.17. The van der Waals surface area contributed by atoms with Gasteiger partial charge in [0, 0.05) is 50.4 Å². The lowest BCUT2D eigenvalue weighted by Crippen LogP contribution is -2.31. The number of ether oxygens (including phenoxy) is 1. The molecular weight excluding hydrogens is 378 g/mol. The average molecular weight is 399 g/mol. The van der Waals surface area contributed by atoms with Crippen LogP contribution in [0, 0.1) is 0 Å². The zero-order valence-electron chi connectivity index (χ0n) is 15.6. The summed E-state index contributed by atoms with van der Waals surface area (Å²) in [7, 11) is 1.79. The fourth-order valence-corrected chi connectivity index (χ4v) is 3.95. The molecule has 4 heterocycles. The molecule has 4 rings (SSSR count). The van der Waals surface area contributed by atoms with Gasteiger partial charge in [-0.25, -0.2) is 4.79 Å². The number of rotatable bonds is 7. The van der Waals surface area contributed by atoms with Crippen LogP contribution in [0.1, 0.15) is 5.69 Å². The molecule has 3 aromatic rings. The second-order valence-corrected chi connectivity index (χ2v) is 7.17. The van der Waals surface area contributed by atoms with Crippen LogP contribution in [0.4, 0.5) is 4.79 Å². The number of hydrogen-bond acceptors (Lipinski definition) is 7. The summed E-state index contributed by atoms with van der Waals surface area (Å²) in [6.45, 7) is 2.90. The molecule has 0 bridgehead atoms. The summed E-state index contributed by atoms with van der Waals surface area (Å²) >= 11 is 1.56. The molecule has 0 aliphatic carbocycles. The molecule has 0 radical (unpaired) electrons. The molecule has 3 aromatic heterocycles. The Balaban J connectivity index is 1.56. The van der Waals surface area contributed by atoms with Gasteiger partial charge in [-0.05, 0) is 12.1 Å². The summed E-state index contributed by atoms with van der Waals surface area (Å²) in [6, 6.07) is 5.89. The number of hydrogen-bond donors (Lipinski definition) is 0. The fourth-order valence-electron chi connectivity index (χ4n) is 3.00. The highest BCUT2D eigenvalue weighted by atomic mass is 32.1. The van der Waals surface area contributed by atoms with Gasteiger partial charge in [0.15, 0.2) is 4.80 Å². The highest BCUT2D eigenvalue weighted by Gasteiger charge is 2.22. The normalized spacial score (nSPS) is 14.7. The van der Waals surface area contributed by atoms with Gasteiger partial charge in [-0.15, -0.1) is 11.3 Å². The number of nitrogens with zero attached hydrogens (tertiary/aromatic N) is 7.